The smallest absolute Gasteiger partial charge is 0.267 e. The Morgan fingerprint density at radius 3 is 2.38 bits per heavy atom. The summed E-state index contributed by atoms with van der Waals surface area (Å²) in [6.07, 6.45) is 4.72. The molecule has 2 aromatic carbocycles. The minimum absolute atomic E-state index is 0.124. The molecule has 1 heterocycles. The lowest BCUT2D eigenvalue weighted by Crippen LogP contribution is -2.48. The molecule has 3 unspecified atom stereocenters. The van der Waals surface area contributed by atoms with Crippen molar-refractivity contribution in [2.45, 2.75) is 66.2 Å². The van der Waals surface area contributed by atoms with Gasteiger partial charge in [0.05, 0.1) is 11.4 Å². The highest BCUT2D eigenvalue weighted by molar-refractivity contribution is 5.98. The first kappa shape index (κ1) is 21.8. The van der Waals surface area contributed by atoms with E-state index in [4.69, 9.17) is 5.10 Å². The first-order valence-electron chi connectivity index (χ1n) is 12.5. The zero-order chi connectivity index (χ0) is 24.0. The molecule has 0 radical (unpaired) electrons. The minimum atomic E-state index is -0.345. The lowest BCUT2D eigenvalue weighted by molar-refractivity contribution is 0.00338. The first-order valence-corrected chi connectivity index (χ1v) is 12.5. The number of aryl methyl sites for hydroxylation is 1. The molecule has 3 atom stereocenters. The lowest BCUT2D eigenvalue weighted by atomic mass is 9.49. The molecule has 0 aliphatic heterocycles. The molecule has 34 heavy (non-hydrogen) atoms. The summed E-state index contributed by atoms with van der Waals surface area (Å²) < 4.78 is 15.2. The SMILES string of the molecule is Cc1ccc(-c2c3c(nn2C(=O)c2ccc(F)cc2)C2C(C)(C)C4CCC2(C4)C(C)(C)C3)cc1. The fourth-order valence-corrected chi connectivity index (χ4v) is 7.90. The summed E-state index contributed by atoms with van der Waals surface area (Å²) in [7, 11) is 0. The summed E-state index contributed by atoms with van der Waals surface area (Å²) in [5, 5.41) is 5.14. The Balaban J connectivity index is 1.61. The van der Waals surface area contributed by atoms with Crippen LogP contribution in [0.2, 0.25) is 0 Å². The zero-order valence-corrected chi connectivity index (χ0v) is 20.8. The first-order chi connectivity index (χ1) is 16.0. The normalized spacial score (nSPS) is 27.9. The van der Waals surface area contributed by atoms with Crippen molar-refractivity contribution >= 4 is 5.91 Å². The maximum atomic E-state index is 13.8. The van der Waals surface area contributed by atoms with Gasteiger partial charge < -0.3 is 0 Å². The van der Waals surface area contributed by atoms with Crippen LogP contribution in [0, 0.1) is 34.9 Å². The van der Waals surface area contributed by atoms with E-state index in [0.29, 0.717) is 17.4 Å². The van der Waals surface area contributed by atoms with Crippen molar-refractivity contribution < 1.29 is 9.18 Å². The lowest BCUT2D eigenvalue weighted by Gasteiger charge is -2.55. The summed E-state index contributed by atoms with van der Waals surface area (Å²) in [6.45, 7) is 11.8. The number of nitrogens with zero attached hydrogens (tertiary/aromatic N) is 2. The fraction of sp³-hybridized carbons (Fsp3) is 0.467. The molecular formula is C30H33FN2O. The Hall–Kier alpha value is -2.75. The maximum absolute atomic E-state index is 13.8. The van der Waals surface area contributed by atoms with Gasteiger partial charge in [-0.25, -0.2) is 4.39 Å². The third kappa shape index (κ3) is 2.74. The van der Waals surface area contributed by atoms with Crippen LogP contribution < -0.4 is 0 Å². The van der Waals surface area contributed by atoms with Gasteiger partial charge in [-0.15, -0.1) is 0 Å². The summed E-state index contributed by atoms with van der Waals surface area (Å²) >= 11 is 0. The average molecular weight is 457 g/mol. The molecule has 0 amide bonds. The monoisotopic (exact) mass is 456 g/mol. The van der Waals surface area contributed by atoms with Crippen LogP contribution in [0.25, 0.3) is 11.3 Å². The quantitative estimate of drug-likeness (QED) is 0.409. The molecule has 4 heteroatoms. The third-order valence-electron chi connectivity index (χ3n) is 9.76. The highest BCUT2D eigenvalue weighted by Gasteiger charge is 2.69. The summed E-state index contributed by atoms with van der Waals surface area (Å²) in [6, 6.07) is 14.2. The van der Waals surface area contributed by atoms with Gasteiger partial charge >= 0.3 is 0 Å². The molecule has 3 aromatic rings. The molecule has 3 aliphatic rings. The van der Waals surface area contributed by atoms with E-state index in [2.05, 4.69) is 58.9 Å². The van der Waals surface area contributed by atoms with Gasteiger partial charge in [0, 0.05) is 22.6 Å². The Bertz CT molecular complexity index is 1300. The Morgan fingerprint density at radius 2 is 1.71 bits per heavy atom. The minimum Gasteiger partial charge on any atom is -0.267 e. The Labute approximate surface area is 201 Å². The summed E-state index contributed by atoms with van der Waals surface area (Å²) in [4.78, 5) is 13.8. The second kappa shape index (κ2) is 6.90. The van der Waals surface area contributed by atoms with Gasteiger partial charge in [-0.05, 0) is 79.0 Å². The molecule has 0 N–H and O–H groups in total. The number of carbonyl (C=O) groups excluding carboxylic acids is 1. The number of halogens is 1. The molecule has 0 saturated heterocycles. The van der Waals surface area contributed by atoms with Crippen LogP contribution in [0.5, 0.6) is 0 Å². The number of benzene rings is 2. The second-order valence-electron chi connectivity index (χ2n) is 12.2. The van der Waals surface area contributed by atoms with E-state index in [0.717, 1.165) is 23.4 Å². The molecule has 6 rings (SSSR count). The van der Waals surface area contributed by atoms with Crippen LogP contribution in [-0.4, -0.2) is 15.7 Å². The fourth-order valence-electron chi connectivity index (χ4n) is 7.90. The second-order valence-corrected chi connectivity index (χ2v) is 12.2. The van der Waals surface area contributed by atoms with Crippen LogP contribution >= 0.6 is 0 Å². The topological polar surface area (TPSA) is 34.9 Å². The van der Waals surface area contributed by atoms with Gasteiger partial charge in [0.1, 0.15) is 5.82 Å². The summed E-state index contributed by atoms with van der Waals surface area (Å²) in [5.74, 6) is 0.493. The van der Waals surface area contributed by atoms with Crippen molar-refractivity contribution in [2.24, 2.45) is 22.2 Å². The number of hydrogen-bond acceptors (Lipinski definition) is 2. The van der Waals surface area contributed by atoms with Crippen molar-refractivity contribution in [3.63, 3.8) is 0 Å². The molecular weight excluding hydrogens is 423 g/mol. The average Bonchev–Trinajstić information content (AvgIpc) is 3.44. The number of carbonyl (C=O) groups is 1. The zero-order valence-electron chi connectivity index (χ0n) is 20.8. The Morgan fingerprint density at radius 1 is 1.03 bits per heavy atom. The van der Waals surface area contributed by atoms with E-state index < -0.39 is 0 Å². The molecule has 2 bridgehead atoms. The van der Waals surface area contributed by atoms with Crippen molar-refractivity contribution in [3.05, 3.63) is 76.7 Å². The van der Waals surface area contributed by atoms with Gasteiger partial charge in [-0.3, -0.25) is 4.79 Å². The highest BCUT2D eigenvalue weighted by Crippen LogP contribution is 2.77. The highest BCUT2D eigenvalue weighted by atomic mass is 19.1. The van der Waals surface area contributed by atoms with Crippen LogP contribution in [0.1, 0.15) is 80.1 Å². The predicted molar refractivity (Wildman–Crippen MR) is 132 cm³/mol. The van der Waals surface area contributed by atoms with Gasteiger partial charge in [0.15, 0.2) is 0 Å². The van der Waals surface area contributed by atoms with Crippen LogP contribution in [0.4, 0.5) is 4.39 Å². The van der Waals surface area contributed by atoms with Crippen LogP contribution in [0.15, 0.2) is 48.5 Å². The molecule has 2 saturated carbocycles. The molecule has 1 aromatic heterocycles. The van der Waals surface area contributed by atoms with Crippen LogP contribution in [-0.2, 0) is 6.42 Å². The van der Waals surface area contributed by atoms with Gasteiger partial charge in [0.25, 0.3) is 5.91 Å². The standard InChI is InChI=1S/C30H33FN2O/c1-18-6-8-19(9-7-18)25-23-17-28(2,3)30-15-14-21(16-30)29(4,5)26(30)24(23)32-33(25)27(34)20-10-12-22(31)13-11-20/h6-13,21,26H,14-17H2,1-5H3. The van der Waals surface area contributed by atoms with E-state index in [1.807, 2.05) is 0 Å². The largest absolute Gasteiger partial charge is 0.278 e. The van der Waals surface area contributed by atoms with Crippen molar-refractivity contribution in [1.82, 2.24) is 9.78 Å². The van der Waals surface area contributed by atoms with Gasteiger partial charge in [0.2, 0.25) is 0 Å². The van der Waals surface area contributed by atoms with Gasteiger partial charge in [-0.1, -0.05) is 57.5 Å². The third-order valence-corrected chi connectivity index (χ3v) is 9.76. The molecule has 1 spiro atoms. The molecule has 2 fully saturated rings. The predicted octanol–water partition coefficient (Wildman–Crippen LogP) is 7.18. The number of fused-ring (bicyclic) bond motifs is 3. The molecule has 3 aliphatic carbocycles. The van der Waals surface area contributed by atoms with Crippen molar-refractivity contribution in [1.29, 1.82) is 0 Å². The van der Waals surface area contributed by atoms with E-state index in [9.17, 15) is 9.18 Å². The summed E-state index contributed by atoms with van der Waals surface area (Å²) in [5.41, 5.74) is 6.41. The molecule has 3 nitrogen and oxygen atoms in total. The van der Waals surface area contributed by atoms with Gasteiger partial charge in [-0.2, -0.15) is 9.78 Å². The maximum Gasteiger partial charge on any atom is 0.278 e. The van der Waals surface area contributed by atoms with E-state index in [-0.39, 0.29) is 28.0 Å². The van der Waals surface area contributed by atoms with E-state index in [1.165, 1.54) is 42.5 Å². The molecule has 176 valence electrons. The van der Waals surface area contributed by atoms with Crippen molar-refractivity contribution in [2.75, 3.05) is 0 Å². The van der Waals surface area contributed by atoms with Crippen LogP contribution in [0.3, 0.4) is 0 Å². The van der Waals surface area contributed by atoms with E-state index in [1.54, 1.807) is 16.8 Å². The number of rotatable bonds is 2. The number of hydrogen-bond donors (Lipinski definition) is 0. The Kier molecular flexibility index (Phi) is 4.42. The number of aromatic nitrogens is 2. The van der Waals surface area contributed by atoms with Crippen molar-refractivity contribution in [3.8, 4) is 11.3 Å². The van der Waals surface area contributed by atoms with E-state index >= 15 is 0 Å².